The van der Waals surface area contributed by atoms with E-state index < -0.39 is 0 Å². The van der Waals surface area contributed by atoms with Crippen molar-refractivity contribution in [2.24, 2.45) is 0 Å². The van der Waals surface area contributed by atoms with Crippen LogP contribution in [0.15, 0.2) is 18.2 Å². The van der Waals surface area contributed by atoms with Crippen molar-refractivity contribution in [3.63, 3.8) is 0 Å². The van der Waals surface area contributed by atoms with Gasteiger partial charge in [0.05, 0.1) is 18.2 Å². The first-order chi connectivity index (χ1) is 9.20. The van der Waals surface area contributed by atoms with Gasteiger partial charge in [0.1, 0.15) is 0 Å². The zero-order chi connectivity index (χ0) is 13.7. The van der Waals surface area contributed by atoms with Crippen molar-refractivity contribution in [2.45, 2.75) is 25.8 Å². The molecule has 0 bridgehead atoms. The van der Waals surface area contributed by atoms with Gasteiger partial charge in [0.25, 0.3) is 5.91 Å². The van der Waals surface area contributed by atoms with Crippen LogP contribution in [0.1, 0.15) is 30.1 Å². The zero-order valence-corrected chi connectivity index (χ0v) is 11.8. The van der Waals surface area contributed by atoms with Gasteiger partial charge in [-0.1, -0.05) is 11.6 Å². The predicted octanol–water partition coefficient (Wildman–Crippen LogP) is 2.68. The molecule has 1 saturated heterocycles. The molecule has 2 rings (SSSR count). The van der Waals surface area contributed by atoms with Crippen molar-refractivity contribution < 1.29 is 9.53 Å². The zero-order valence-electron chi connectivity index (χ0n) is 11.0. The fourth-order valence-corrected chi connectivity index (χ4v) is 2.34. The maximum atomic E-state index is 12.3. The molecule has 1 aromatic carbocycles. The van der Waals surface area contributed by atoms with Crippen LogP contribution in [0.25, 0.3) is 0 Å². The molecule has 104 valence electrons. The van der Waals surface area contributed by atoms with Crippen LogP contribution in [0.2, 0.25) is 5.02 Å². The lowest BCUT2D eigenvalue weighted by Gasteiger charge is -2.23. The van der Waals surface area contributed by atoms with Crippen LogP contribution >= 0.6 is 11.6 Å². The van der Waals surface area contributed by atoms with Crippen molar-refractivity contribution in [2.75, 3.05) is 25.1 Å². The number of carbonyl (C=O) groups is 1. The lowest BCUT2D eigenvalue weighted by atomic mass is 10.1. The van der Waals surface area contributed by atoms with E-state index in [1.807, 2.05) is 13.0 Å². The van der Waals surface area contributed by atoms with E-state index >= 15 is 0 Å². The van der Waals surface area contributed by atoms with Crippen molar-refractivity contribution >= 4 is 23.2 Å². The predicted molar refractivity (Wildman–Crippen MR) is 76.9 cm³/mol. The molecule has 1 amide bonds. The van der Waals surface area contributed by atoms with Crippen molar-refractivity contribution in [3.05, 3.63) is 28.8 Å². The topological polar surface area (TPSA) is 50.4 Å². The van der Waals surface area contributed by atoms with E-state index in [2.05, 4.69) is 10.6 Å². The van der Waals surface area contributed by atoms with Crippen molar-refractivity contribution in [1.29, 1.82) is 0 Å². The lowest BCUT2D eigenvalue weighted by Crippen LogP contribution is -2.40. The van der Waals surface area contributed by atoms with Gasteiger partial charge in [-0.25, -0.2) is 0 Å². The van der Waals surface area contributed by atoms with E-state index in [4.69, 9.17) is 16.3 Å². The highest BCUT2D eigenvalue weighted by Crippen LogP contribution is 2.21. The summed E-state index contributed by atoms with van der Waals surface area (Å²) in [6.45, 7) is 4.12. The monoisotopic (exact) mass is 282 g/mol. The third-order valence-electron chi connectivity index (χ3n) is 3.09. The molecular weight excluding hydrogens is 264 g/mol. The SMILES string of the molecule is CCNc1ccc(Cl)cc1C(=O)NC1CCCOC1. The molecule has 1 aliphatic rings. The second kappa shape index (κ2) is 6.78. The first-order valence-corrected chi connectivity index (χ1v) is 7.00. The average Bonchev–Trinajstić information content (AvgIpc) is 2.42. The number of hydrogen-bond donors (Lipinski definition) is 2. The van der Waals surface area contributed by atoms with E-state index in [0.717, 1.165) is 31.7 Å². The first-order valence-electron chi connectivity index (χ1n) is 6.62. The van der Waals surface area contributed by atoms with Gasteiger partial charge in [0, 0.05) is 23.9 Å². The van der Waals surface area contributed by atoms with Crippen molar-refractivity contribution in [3.8, 4) is 0 Å². The minimum absolute atomic E-state index is 0.0923. The van der Waals surface area contributed by atoms with Crippen molar-refractivity contribution in [1.82, 2.24) is 5.32 Å². The van der Waals surface area contributed by atoms with Crippen LogP contribution < -0.4 is 10.6 Å². The Morgan fingerprint density at radius 3 is 3.05 bits per heavy atom. The molecule has 0 aromatic heterocycles. The minimum Gasteiger partial charge on any atom is -0.385 e. The molecular formula is C14H19ClN2O2. The quantitative estimate of drug-likeness (QED) is 0.893. The summed E-state index contributed by atoms with van der Waals surface area (Å²) in [6.07, 6.45) is 1.95. The summed E-state index contributed by atoms with van der Waals surface area (Å²) in [6, 6.07) is 5.39. The molecule has 2 N–H and O–H groups in total. The summed E-state index contributed by atoms with van der Waals surface area (Å²) in [4.78, 5) is 12.3. The van der Waals surface area contributed by atoms with Gasteiger partial charge in [-0.3, -0.25) is 4.79 Å². The van der Waals surface area contributed by atoms with Gasteiger partial charge in [0.15, 0.2) is 0 Å². The van der Waals surface area contributed by atoms with Gasteiger partial charge in [-0.05, 0) is 38.0 Å². The summed E-state index contributed by atoms with van der Waals surface area (Å²) in [5, 5.41) is 6.73. The number of ether oxygens (including phenoxy) is 1. The molecule has 1 aliphatic heterocycles. The molecule has 1 fully saturated rings. The molecule has 19 heavy (non-hydrogen) atoms. The Morgan fingerprint density at radius 1 is 1.53 bits per heavy atom. The van der Waals surface area contributed by atoms with E-state index in [0.29, 0.717) is 17.2 Å². The molecule has 0 aliphatic carbocycles. The van der Waals surface area contributed by atoms with Gasteiger partial charge >= 0.3 is 0 Å². The van der Waals surface area contributed by atoms with Gasteiger partial charge in [-0.15, -0.1) is 0 Å². The molecule has 4 nitrogen and oxygen atoms in total. The van der Waals surface area contributed by atoms with E-state index in [1.54, 1.807) is 12.1 Å². The summed E-state index contributed by atoms with van der Waals surface area (Å²) in [5.74, 6) is -0.103. The third-order valence-corrected chi connectivity index (χ3v) is 3.32. The normalized spacial score (nSPS) is 18.9. The number of amides is 1. The Hall–Kier alpha value is -1.26. The van der Waals surface area contributed by atoms with Crippen LogP contribution in [0.3, 0.4) is 0 Å². The van der Waals surface area contributed by atoms with Crippen LogP contribution in [0.5, 0.6) is 0 Å². The largest absolute Gasteiger partial charge is 0.385 e. The summed E-state index contributed by atoms with van der Waals surface area (Å²) in [5.41, 5.74) is 1.39. The molecule has 1 atom stereocenters. The number of carbonyl (C=O) groups excluding carboxylic acids is 1. The number of rotatable bonds is 4. The highest BCUT2D eigenvalue weighted by Gasteiger charge is 2.19. The number of benzene rings is 1. The molecule has 0 radical (unpaired) electrons. The third kappa shape index (κ3) is 3.85. The smallest absolute Gasteiger partial charge is 0.253 e. The maximum absolute atomic E-state index is 12.3. The number of nitrogens with one attached hydrogen (secondary N) is 2. The maximum Gasteiger partial charge on any atom is 0.253 e. The Labute approximate surface area is 118 Å². The van der Waals surface area contributed by atoms with Gasteiger partial charge < -0.3 is 15.4 Å². The number of halogens is 1. The summed E-state index contributed by atoms with van der Waals surface area (Å²) >= 11 is 5.97. The average molecular weight is 283 g/mol. The summed E-state index contributed by atoms with van der Waals surface area (Å²) < 4.78 is 5.36. The molecule has 0 saturated carbocycles. The Bertz CT molecular complexity index is 445. The first kappa shape index (κ1) is 14.2. The minimum atomic E-state index is -0.103. The molecule has 1 aromatic rings. The fraction of sp³-hybridized carbons (Fsp3) is 0.500. The van der Waals surface area contributed by atoms with Gasteiger partial charge in [-0.2, -0.15) is 0 Å². The summed E-state index contributed by atoms with van der Waals surface area (Å²) in [7, 11) is 0. The Balaban J connectivity index is 2.10. The number of anilines is 1. The standard InChI is InChI=1S/C14H19ClN2O2/c1-2-16-13-6-5-10(15)8-12(13)14(18)17-11-4-3-7-19-9-11/h5-6,8,11,16H,2-4,7,9H2,1H3,(H,17,18). The molecule has 1 heterocycles. The number of hydrogen-bond acceptors (Lipinski definition) is 3. The fourth-order valence-electron chi connectivity index (χ4n) is 2.17. The van der Waals surface area contributed by atoms with Gasteiger partial charge in [0.2, 0.25) is 0 Å². The second-order valence-corrected chi connectivity index (χ2v) is 5.04. The highest BCUT2D eigenvalue weighted by molar-refractivity contribution is 6.31. The van der Waals surface area contributed by atoms with Crippen LogP contribution in [-0.4, -0.2) is 31.7 Å². The van der Waals surface area contributed by atoms with Crippen LogP contribution in [-0.2, 0) is 4.74 Å². The molecule has 1 unspecified atom stereocenters. The highest BCUT2D eigenvalue weighted by atomic mass is 35.5. The van der Waals surface area contributed by atoms with E-state index in [1.165, 1.54) is 0 Å². The van der Waals surface area contributed by atoms with E-state index in [-0.39, 0.29) is 11.9 Å². The van der Waals surface area contributed by atoms with Crippen LogP contribution in [0, 0.1) is 0 Å². The van der Waals surface area contributed by atoms with Crippen LogP contribution in [0.4, 0.5) is 5.69 Å². The Morgan fingerprint density at radius 2 is 2.37 bits per heavy atom. The lowest BCUT2D eigenvalue weighted by molar-refractivity contribution is 0.0624. The Kier molecular flexibility index (Phi) is 5.05. The molecule has 0 spiro atoms. The second-order valence-electron chi connectivity index (χ2n) is 4.61. The molecule has 5 heteroatoms. The van der Waals surface area contributed by atoms with E-state index in [9.17, 15) is 4.79 Å².